The van der Waals surface area contributed by atoms with Crippen molar-refractivity contribution in [3.63, 3.8) is 0 Å². The molecular formula is C19H25NO5S. The molecule has 0 unspecified atom stereocenters. The molecule has 0 aromatic heterocycles. The van der Waals surface area contributed by atoms with E-state index in [2.05, 4.69) is 0 Å². The molecule has 0 N–H and O–H groups in total. The molecule has 7 heteroatoms. The maximum atomic E-state index is 12.6. The summed E-state index contributed by atoms with van der Waals surface area (Å²) < 4.78 is 28.8. The highest BCUT2D eigenvalue weighted by atomic mass is 32.2. The van der Waals surface area contributed by atoms with Crippen LogP contribution in [0.3, 0.4) is 0 Å². The summed E-state index contributed by atoms with van der Waals surface area (Å²) >= 11 is 0. The molecule has 1 heterocycles. The van der Waals surface area contributed by atoms with E-state index in [-0.39, 0.29) is 36.1 Å². The van der Waals surface area contributed by atoms with Gasteiger partial charge in [-0.05, 0) is 51.2 Å². The molecule has 1 aliphatic carbocycles. The Hall–Kier alpha value is -1.89. The number of sulfone groups is 1. The SMILES string of the molecule is Cc1cc(C)c(C(=O)OCC(=O)N(C2CC2)[C@@H]2CCS(=O)(=O)C2)c(C)c1. The van der Waals surface area contributed by atoms with Crippen LogP contribution in [-0.2, 0) is 19.4 Å². The highest BCUT2D eigenvalue weighted by Crippen LogP contribution is 2.32. The van der Waals surface area contributed by atoms with Gasteiger partial charge in [-0.2, -0.15) is 0 Å². The summed E-state index contributed by atoms with van der Waals surface area (Å²) in [6.45, 7) is 5.30. The molecule has 2 fully saturated rings. The summed E-state index contributed by atoms with van der Waals surface area (Å²) in [5.41, 5.74) is 3.20. The molecule has 1 atom stereocenters. The Morgan fingerprint density at radius 1 is 1.08 bits per heavy atom. The number of amides is 1. The maximum absolute atomic E-state index is 12.6. The van der Waals surface area contributed by atoms with E-state index >= 15 is 0 Å². The van der Waals surface area contributed by atoms with Gasteiger partial charge in [0.2, 0.25) is 0 Å². The summed E-state index contributed by atoms with van der Waals surface area (Å²) in [6, 6.07) is 3.61. The normalized spacial score (nSPS) is 21.4. The van der Waals surface area contributed by atoms with E-state index < -0.39 is 15.8 Å². The second-order valence-corrected chi connectivity index (χ2v) is 9.67. The standard InChI is InChI=1S/C19H25NO5S/c1-12-8-13(2)18(14(3)9-12)19(22)25-10-17(21)20(15-4-5-15)16-6-7-26(23,24)11-16/h8-9,15-16H,4-7,10-11H2,1-3H3/t16-/m1/s1. The van der Waals surface area contributed by atoms with Crippen LogP contribution in [0.4, 0.5) is 0 Å². The lowest BCUT2D eigenvalue weighted by molar-refractivity contribution is -0.137. The number of rotatable bonds is 5. The summed E-state index contributed by atoms with van der Waals surface area (Å²) in [5.74, 6) is -0.678. The lowest BCUT2D eigenvalue weighted by atomic mass is 10.00. The van der Waals surface area contributed by atoms with E-state index in [1.807, 2.05) is 32.9 Å². The third-order valence-electron chi connectivity index (χ3n) is 5.04. The van der Waals surface area contributed by atoms with E-state index in [4.69, 9.17) is 4.74 Å². The van der Waals surface area contributed by atoms with Crippen LogP contribution < -0.4 is 0 Å². The number of ether oxygens (including phenoxy) is 1. The van der Waals surface area contributed by atoms with Crippen molar-refractivity contribution in [1.82, 2.24) is 4.90 Å². The Bertz CT molecular complexity index is 818. The molecule has 2 aliphatic rings. The first kappa shape index (κ1) is 18.9. The van der Waals surface area contributed by atoms with E-state index in [1.54, 1.807) is 4.90 Å². The molecule has 26 heavy (non-hydrogen) atoms. The summed E-state index contributed by atoms with van der Waals surface area (Å²) in [4.78, 5) is 26.7. The smallest absolute Gasteiger partial charge is 0.339 e. The second-order valence-electron chi connectivity index (χ2n) is 7.44. The molecule has 1 aliphatic heterocycles. The zero-order valence-corrected chi connectivity index (χ0v) is 16.3. The molecule has 0 spiro atoms. The van der Waals surface area contributed by atoms with E-state index in [0.717, 1.165) is 29.5 Å². The zero-order valence-electron chi connectivity index (χ0n) is 15.4. The minimum absolute atomic E-state index is 0.0133. The fourth-order valence-electron chi connectivity index (χ4n) is 3.83. The van der Waals surface area contributed by atoms with Crippen LogP contribution in [0.1, 0.15) is 46.3 Å². The zero-order chi connectivity index (χ0) is 19.1. The quantitative estimate of drug-likeness (QED) is 0.731. The average Bonchev–Trinajstić information content (AvgIpc) is 3.28. The largest absolute Gasteiger partial charge is 0.452 e. The number of carbonyl (C=O) groups is 2. The summed E-state index contributed by atoms with van der Waals surface area (Å²) in [7, 11) is -3.07. The van der Waals surface area contributed by atoms with Gasteiger partial charge in [-0.25, -0.2) is 13.2 Å². The monoisotopic (exact) mass is 379 g/mol. The molecule has 142 valence electrons. The predicted molar refractivity (Wildman–Crippen MR) is 97.9 cm³/mol. The highest BCUT2D eigenvalue weighted by Gasteiger charge is 2.42. The predicted octanol–water partition coefficient (Wildman–Crippen LogP) is 1.95. The first-order valence-corrected chi connectivity index (χ1v) is 10.8. The number of nitrogens with zero attached hydrogens (tertiary/aromatic N) is 1. The summed E-state index contributed by atoms with van der Waals surface area (Å²) in [5, 5.41) is 0. The van der Waals surface area contributed by atoms with Crippen LogP contribution in [0, 0.1) is 20.8 Å². The van der Waals surface area contributed by atoms with Crippen molar-refractivity contribution in [1.29, 1.82) is 0 Å². The minimum atomic E-state index is -3.07. The van der Waals surface area contributed by atoms with Crippen LogP contribution in [0.2, 0.25) is 0 Å². The first-order chi connectivity index (χ1) is 12.2. The van der Waals surface area contributed by atoms with E-state index in [0.29, 0.717) is 12.0 Å². The van der Waals surface area contributed by atoms with Gasteiger partial charge in [-0.15, -0.1) is 0 Å². The molecule has 3 rings (SSSR count). The van der Waals surface area contributed by atoms with Gasteiger partial charge in [0.05, 0.1) is 17.1 Å². The van der Waals surface area contributed by atoms with Crippen molar-refractivity contribution in [2.45, 2.75) is 52.1 Å². The van der Waals surface area contributed by atoms with Gasteiger partial charge in [-0.3, -0.25) is 4.79 Å². The first-order valence-electron chi connectivity index (χ1n) is 8.94. The van der Waals surface area contributed by atoms with Crippen LogP contribution in [-0.4, -0.2) is 55.4 Å². The molecule has 1 saturated carbocycles. The lowest BCUT2D eigenvalue weighted by Gasteiger charge is -2.28. The topological polar surface area (TPSA) is 80.8 Å². The third-order valence-corrected chi connectivity index (χ3v) is 6.79. The molecule has 1 aromatic carbocycles. The highest BCUT2D eigenvalue weighted by molar-refractivity contribution is 7.91. The van der Waals surface area contributed by atoms with Crippen LogP contribution in [0.15, 0.2) is 12.1 Å². The molecular weight excluding hydrogens is 354 g/mol. The number of esters is 1. The number of hydrogen-bond acceptors (Lipinski definition) is 5. The minimum Gasteiger partial charge on any atom is -0.452 e. The van der Waals surface area contributed by atoms with Crippen LogP contribution in [0.25, 0.3) is 0 Å². The molecule has 6 nitrogen and oxygen atoms in total. The van der Waals surface area contributed by atoms with E-state index in [9.17, 15) is 18.0 Å². The number of carbonyl (C=O) groups excluding carboxylic acids is 2. The lowest BCUT2D eigenvalue weighted by Crippen LogP contribution is -2.44. The number of benzene rings is 1. The average molecular weight is 379 g/mol. The second kappa shape index (κ2) is 7.02. The Morgan fingerprint density at radius 2 is 1.69 bits per heavy atom. The van der Waals surface area contributed by atoms with Crippen molar-refractivity contribution >= 4 is 21.7 Å². The van der Waals surface area contributed by atoms with Gasteiger partial charge >= 0.3 is 5.97 Å². The third kappa shape index (κ3) is 4.09. The molecule has 0 bridgehead atoms. The Labute approximate surface area is 154 Å². The van der Waals surface area contributed by atoms with Crippen molar-refractivity contribution in [3.05, 3.63) is 34.4 Å². The molecule has 1 aromatic rings. The van der Waals surface area contributed by atoms with Crippen LogP contribution in [0.5, 0.6) is 0 Å². The fourth-order valence-corrected chi connectivity index (χ4v) is 5.54. The van der Waals surface area contributed by atoms with Crippen molar-refractivity contribution < 1.29 is 22.7 Å². The van der Waals surface area contributed by atoms with Gasteiger partial charge in [0, 0.05) is 12.1 Å². The van der Waals surface area contributed by atoms with E-state index in [1.165, 1.54) is 0 Å². The molecule has 1 saturated heterocycles. The van der Waals surface area contributed by atoms with Crippen molar-refractivity contribution in [3.8, 4) is 0 Å². The van der Waals surface area contributed by atoms with Gasteiger partial charge < -0.3 is 9.64 Å². The summed E-state index contributed by atoms with van der Waals surface area (Å²) in [6.07, 6.45) is 2.23. The van der Waals surface area contributed by atoms with Crippen molar-refractivity contribution in [2.75, 3.05) is 18.1 Å². The van der Waals surface area contributed by atoms with Gasteiger partial charge in [-0.1, -0.05) is 17.7 Å². The van der Waals surface area contributed by atoms with Gasteiger partial charge in [0.1, 0.15) is 0 Å². The fraction of sp³-hybridized carbons (Fsp3) is 0.579. The number of hydrogen-bond donors (Lipinski definition) is 0. The number of aryl methyl sites for hydroxylation is 3. The van der Waals surface area contributed by atoms with Crippen molar-refractivity contribution in [2.24, 2.45) is 0 Å². The van der Waals surface area contributed by atoms with Gasteiger partial charge in [0.15, 0.2) is 16.4 Å². The Kier molecular flexibility index (Phi) is 5.10. The molecule has 0 radical (unpaired) electrons. The Morgan fingerprint density at radius 3 is 2.19 bits per heavy atom. The van der Waals surface area contributed by atoms with Crippen LogP contribution >= 0.6 is 0 Å². The van der Waals surface area contributed by atoms with Gasteiger partial charge in [0.25, 0.3) is 5.91 Å². The maximum Gasteiger partial charge on any atom is 0.339 e. The molecule has 1 amide bonds. The Balaban J connectivity index is 1.67.